The Kier molecular flexibility index (Phi) is 7.80. The number of hydrogen-bond donors (Lipinski definition) is 1. The highest BCUT2D eigenvalue weighted by Gasteiger charge is 2.09. The maximum absolute atomic E-state index is 11.8. The Morgan fingerprint density at radius 2 is 1.90 bits per heavy atom. The molecular formula is C15H22N2O2S. The fraction of sp³-hybridized carbons (Fsp3) is 0.467. The van der Waals surface area contributed by atoms with Gasteiger partial charge < -0.3 is 10.2 Å². The molecule has 2 amide bonds. The maximum Gasteiger partial charge on any atom is 0.234 e. The number of benzene rings is 1. The van der Waals surface area contributed by atoms with Crippen molar-refractivity contribution in [2.24, 2.45) is 0 Å². The summed E-state index contributed by atoms with van der Waals surface area (Å²) in [5.41, 5.74) is 0.782. The summed E-state index contributed by atoms with van der Waals surface area (Å²) in [6, 6.07) is 9.32. The molecule has 0 aliphatic heterocycles. The lowest BCUT2D eigenvalue weighted by Gasteiger charge is -2.16. The summed E-state index contributed by atoms with van der Waals surface area (Å²) in [6.45, 7) is 2.88. The van der Waals surface area contributed by atoms with Gasteiger partial charge in [0.05, 0.1) is 11.5 Å². The van der Waals surface area contributed by atoms with Crippen molar-refractivity contribution in [2.75, 3.05) is 30.4 Å². The molecule has 0 fully saturated rings. The average Bonchev–Trinajstić information content (AvgIpc) is 2.45. The normalized spacial score (nSPS) is 10.1. The van der Waals surface area contributed by atoms with Crippen LogP contribution in [0.4, 0.5) is 5.69 Å². The SMILES string of the molecule is CCCCN(C)C(=O)CSCC(=O)Nc1ccccc1. The number of nitrogens with one attached hydrogen (secondary N) is 1. The topological polar surface area (TPSA) is 49.4 Å². The first-order valence-electron chi connectivity index (χ1n) is 6.80. The molecule has 0 saturated carbocycles. The van der Waals surface area contributed by atoms with Crippen LogP contribution >= 0.6 is 11.8 Å². The summed E-state index contributed by atoms with van der Waals surface area (Å²) < 4.78 is 0. The molecule has 0 aromatic heterocycles. The molecule has 0 bridgehead atoms. The molecule has 110 valence electrons. The molecule has 4 nitrogen and oxygen atoms in total. The predicted octanol–water partition coefficient (Wildman–Crippen LogP) is 2.62. The number of thioether (sulfide) groups is 1. The minimum atomic E-state index is -0.0785. The van der Waals surface area contributed by atoms with Gasteiger partial charge in [-0.15, -0.1) is 11.8 Å². The molecule has 0 atom stereocenters. The van der Waals surface area contributed by atoms with E-state index in [2.05, 4.69) is 12.2 Å². The molecule has 20 heavy (non-hydrogen) atoms. The molecule has 0 aliphatic carbocycles. The molecule has 0 heterocycles. The van der Waals surface area contributed by atoms with E-state index in [9.17, 15) is 9.59 Å². The molecule has 0 aliphatic rings. The van der Waals surface area contributed by atoms with Crippen molar-refractivity contribution in [2.45, 2.75) is 19.8 Å². The van der Waals surface area contributed by atoms with E-state index in [1.54, 1.807) is 4.90 Å². The van der Waals surface area contributed by atoms with Crippen molar-refractivity contribution < 1.29 is 9.59 Å². The summed E-state index contributed by atoms with van der Waals surface area (Å²) in [5.74, 6) is 0.645. The Morgan fingerprint density at radius 3 is 2.55 bits per heavy atom. The number of carbonyl (C=O) groups excluding carboxylic acids is 2. The molecule has 1 aromatic carbocycles. The van der Waals surface area contributed by atoms with Gasteiger partial charge in [-0.3, -0.25) is 9.59 Å². The number of nitrogens with zero attached hydrogens (tertiary/aromatic N) is 1. The van der Waals surface area contributed by atoms with E-state index in [0.717, 1.165) is 25.1 Å². The number of unbranched alkanes of at least 4 members (excludes halogenated alkanes) is 1. The first-order chi connectivity index (χ1) is 9.63. The molecular weight excluding hydrogens is 272 g/mol. The monoisotopic (exact) mass is 294 g/mol. The van der Waals surface area contributed by atoms with Gasteiger partial charge in [0.25, 0.3) is 0 Å². The number of para-hydroxylation sites is 1. The van der Waals surface area contributed by atoms with Gasteiger partial charge in [0, 0.05) is 19.3 Å². The lowest BCUT2D eigenvalue weighted by atomic mass is 10.3. The highest BCUT2D eigenvalue weighted by molar-refractivity contribution is 8.00. The smallest absolute Gasteiger partial charge is 0.234 e. The summed E-state index contributed by atoms with van der Waals surface area (Å²) in [5, 5.41) is 2.79. The van der Waals surface area contributed by atoms with Crippen LogP contribution in [-0.2, 0) is 9.59 Å². The van der Waals surface area contributed by atoms with E-state index in [4.69, 9.17) is 0 Å². The third-order valence-corrected chi connectivity index (χ3v) is 3.71. The average molecular weight is 294 g/mol. The highest BCUT2D eigenvalue weighted by atomic mass is 32.2. The first-order valence-corrected chi connectivity index (χ1v) is 7.95. The Morgan fingerprint density at radius 1 is 1.20 bits per heavy atom. The largest absolute Gasteiger partial charge is 0.345 e. The molecule has 5 heteroatoms. The molecule has 1 aromatic rings. The number of amides is 2. The van der Waals surface area contributed by atoms with Gasteiger partial charge in [-0.05, 0) is 18.6 Å². The van der Waals surface area contributed by atoms with E-state index in [0.29, 0.717) is 11.5 Å². The lowest BCUT2D eigenvalue weighted by Crippen LogP contribution is -2.29. The van der Waals surface area contributed by atoms with Crippen molar-refractivity contribution >= 4 is 29.3 Å². The zero-order valence-electron chi connectivity index (χ0n) is 12.1. The second kappa shape index (κ2) is 9.42. The lowest BCUT2D eigenvalue weighted by molar-refractivity contribution is -0.127. The summed E-state index contributed by atoms with van der Waals surface area (Å²) in [7, 11) is 1.81. The fourth-order valence-corrected chi connectivity index (χ4v) is 2.33. The second-order valence-electron chi connectivity index (χ2n) is 4.58. The van der Waals surface area contributed by atoms with Crippen LogP contribution in [0.25, 0.3) is 0 Å². The van der Waals surface area contributed by atoms with Crippen LogP contribution in [0, 0.1) is 0 Å². The van der Waals surface area contributed by atoms with Crippen LogP contribution in [0.5, 0.6) is 0 Å². The van der Waals surface area contributed by atoms with Crippen LogP contribution in [-0.4, -0.2) is 41.8 Å². The summed E-state index contributed by atoms with van der Waals surface area (Å²) in [4.78, 5) is 25.2. The summed E-state index contributed by atoms with van der Waals surface area (Å²) in [6.07, 6.45) is 2.09. The van der Waals surface area contributed by atoms with Crippen LogP contribution in [0.3, 0.4) is 0 Å². The Bertz CT molecular complexity index is 423. The van der Waals surface area contributed by atoms with Crippen molar-refractivity contribution in [3.05, 3.63) is 30.3 Å². The van der Waals surface area contributed by atoms with Crippen molar-refractivity contribution in [3.63, 3.8) is 0 Å². The highest BCUT2D eigenvalue weighted by Crippen LogP contribution is 2.08. The van der Waals surface area contributed by atoms with E-state index < -0.39 is 0 Å². The van der Waals surface area contributed by atoms with Crippen LogP contribution in [0.15, 0.2) is 30.3 Å². The van der Waals surface area contributed by atoms with E-state index in [1.165, 1.54) is 11.8 Å². The third-order valence-electron chi connectivity index (χ3n) is 2.79. The Balaban J connectivity index is 2.20. The first kappa shape index (κ1) is 16.6. The van der Waals surface area contributed by atoms with Gasteiger partial charge in [-0.25, -0.2) is 0 Å². The van der Waals surface area contributed by atoms with Crippen LogP contribution < -0.4 is 5.32 Å². The van der Waals surface area contributed by atoms with Gasteiger partial charge in [0.1, 0.15) is 0 Å². The Hall–Kier alpha value is -1.49. The third kappa shape index (κ3) is 6.61. The fourth-order valence-electron chi connectivity index (χ4n) is 1.58. The number of hydrogen-bond acceptors (Lipinski definition) is 3. The Labute approximate surface area is 124 Å². The van der Waals surface area contributed by atoms with Crippen LogP contribution in [0.1, 0.15) is 19.8 Å². The van der Waals surface area contributed by atoms with Crippen molar-refractivity contribution in [3.8, 4) is 0 Å². The van der Waals surface area contributed by atoms with Crippen molar-refractivity contribution in [1.82, 2.24) is 4.90 Å². The molecule has 1 N–H and O–H groups in total. The molecule has 0 saturated heterocycles. The number of anilines is 1. The van der Waals surface area contributed by atoms with Gasteiger partial charge in [0.15, 0.2) is 0 Å². The van der Waals surface area contributed by atoms with E-state index >= 15 is 0 Å². The van der Waals surface area contributed by atoms with Gasteiger partial charge in [-0.1, -0.05) is 31.5 Å². The zero-order chi connectivity index (χ0) is 14.8. The molecule has 0 spiro atoms. The van der Waals surface area contributed by atoms with Gasteiger partial charge in [0.2, 0.25) is 11.8 Å². The number of rotatable bonds is 8. The predicted molar refractivity (Wildman–Crippen MR) is 84.9 cm³/mol. The quantitative estimate of drug-likeness (QED) is 0.802. The second-order valence-corrected chi connectivity index (χ2v) is 5.56. The minimum Gasteiger partial charge on any atom is -0.345 e. The minimum absolute atomic E-state index is 0.0785. The standard InChI is InChI=1S/C15H22N2O2S/c1-3-4-10-17(2)15(19)12-20-11-14(18)16-13-8-6-5-7-9-13/h5-9H,3-4,10-12H2,1-2H3,(H,16,18). The maximum atomic E-state index is 11.8. The molecule has 0 radical (unpaired) electrons. The summed E-state index contributed by atoms with van der Waals surface area (Å²) >= 11 is 1.35. The molecule has 1 rings (SSSR count). The number of carbonyl (C=O) groups is 2. The van der Waals surface area contributed by atoms with Crippen molar-refractivity contribution in [1.29, 1.82) is 0 Å². The van der Waals surface area contributed by atoms with E-state index in [1.807, 2.05) is 37.4 Å². The zero-order valence-corrected chi connectivity index (χ0v) is 12.9. The van der Waals surface area contributed by atoms with Crippen LogP contribution in [0.2, 0.25) is 0 Å². The molecule has 0 unspecified atom stereocenters. The van der Waals surface area contributed by atoms with Gasteiger partial charge in [-0.2, -0.15) is 0 Å². The van der Waals surface area contributed by atoms with Gasteiger partial charge >= 0.3 is 0 Å². The van der Waals surface area contributed by atoms with E-state index in [-0.39, 0.29) is 11.8 Å².